The van der Waals surface area contributed by atoms with Crippen LogP contribution in [0.3, 0.4) is 0 Å². The third-order valence-corrected chi connectivity index (χ3v) is 3.65. The van der Waals surface area contributed by atoms with Crippen molar-refractivity contribution in [2.75, 3.05) is 6.61 Å². The van der Waals surface area contributed by atoms with E-state index in [2.05, 4.69) is 15.5 Å². The molecule has 2 fully saturated rings. The lowest BCUT2D eigenvalue weighted by Gasteiger charge is -2.26. The highest BCUT2D eigenvalue weighted by molar-refractivity contribution is 5.83. The van der Waals surface area contributed by atoms with Crippen LogP contribution in [-0.4, -0.2) is 45.0 Å². The fraction of sp³-hybridized carbons (Fsp3) is 0.385. The van der Waals surface area contributed by atoms with Crippen molar-refractivity contribution >= 4 is 5.78 Å². The first-order chi connectivity index (χ1) is 9.83. The number of rotatable bonds is 2. The zero-order chi connectivity index (χ0) is 13.5. The molecule has 20 heavy (non-hydrogen) atoms. The predicted molar refractivity (Wildman–Crippen MR) is 66.5 cm³/mol. The third kappa shape index (κ3) is 1.75. The molecule has 2 aliphatic heterocycles. The van der Waals surface area contributed by atoms with Gasteiger partial charge >= 0.3 is 0 Å². The molecule has 4 rings (SSSR count). The average molecular weight is 272 g/mol. The van der Waals surface area contributed by atoms with E-state index in [1.807, 2.05) is 30.3 Å². The van der Waals surface area contributed by atoms with Crippen LogP contribution in [0.1, 0.15) is 12.5 Å². The highest BCUT2D eigenvalue weighted by Gasteiger charge is 2.45. The van der Waals surface area contributed by atoms with Crippen molar-refractivity contribution < 1.29 is 14.3 Å². The van der Waals surface area contributed by atoms with Gasteiger partial charge < -0.3 is 9.47 Å². The van der Waals surface area contributed by atoms with Crippen LogP contribution in [0.5, 0.6) is 0 Å². The highest BCUT2D eigenvalue weighted by atomic mass is 16.7. The normalized spacial score (nSPS) is 28.8. The molecule has 0 unspecified atom stereocenters. The summed E-state index contributed by atoms with van der Waals surface area (Å²) in [6, 6.07) is 9.42. The van der Waals surface area contributed by atoms with E-state index in [0.29, 0.717) is 18.9 Å². The molecule has 3 atom stereocenters. The van der Waals surface area contributed by atoms with E-state index in [0.717, 1.165) is 5.56 Å². The van der Waals surface area contributed by atoms with Crippen molar-refractivity contribution in [3.8, 4) is 11.4 Å². The molecular weight excluding hydrogens is 260 g/mol. The van der Waals surface area contributed by atoms with E-state index in [9.17, 15) is 4.79 Å². The monoisotopic (exact) mass is 272 g/mol. The summed E-state index contributed by atoms with van der Waals surface area (Å²) in [4.78, 5) is 11.9. The molecule has 2 saturated heterocycles. The van der Waals surface area contributed by atoms with E-state index in [-0.39, 0.29) is 17.9 Å². The molecular formula is C13H12N4O3. The maximum atomic E-state index is 11.9. The second-order valence-corrected chi connectivity index (χ2v) is 4.89. The van der Waals surface area contributed by atoms with Crippen molar-refractivity contribution in [3.63, 3.8) is 0 Å². The number of carbonyl (C=O) groups is 1. The van der Waals surface area contributed by atoms with Gasteiger partial charge in [-0.2, -0.15) is 0 Å². The van der Waals surface area contributed by atoms with Gasteiger partial charge in [-0.25, -0.2) is 4.68 Å². The van der Waals surface area contributed by atoms with Gasteiger partial charge in [0.15, 0.2) is 11.6 Å². The van der Waals surface area contributed by atoms with Gasteiger partial charge in [-0.3, -0.25) is 4.79 Å². The van der Waals surface area contributed by atoms with Gasteiger partial charge in [0, 0.05) is 12.0 Å². The van der Waals surface area contributed by atoms with Gasteiger partial charge in [0.05, 0.1) is 12.6 Å². The minimum Gasteiger partial charge on any atom is -0.343 e. The zero-order valence-electron chi connectivity index (χ0n) is 10.5. The number of hydrogen-bond donors (Lipinski definition) is 0. The number of aromatic nitrogens is 4. The third-order valence-electron chi connectivity index (χ3n) is 3.65. The zero-order valence-corrected chi connectivity index (χ0v) is 10.5. The van der Waals surface area contributed by atoms with Crippen LogP contribution in [0.15, 0.2) is 30.3 Å². The summed E-state index contributed by atoms with van der Waals surface area (Å²) in [5.41, 5.74) is 0.908. The quantitative estimate of drug-likeness (QED) is 0.796. The van der Waals surface area contributed by atoms with Gasteiger partial charge in [-0.15, -0.1) is 5.10 Å². The van der Waals surface area contributed by atoms with Crippen LogP contribution in [0.25, 0.3) is 11.4 Å². The number of benzene rings is 1. The summed E-state index contributed by atoms with van der Waals surface area (Å²) >= 11 is 0. The van der Waals surface area contributed by atoms with Crippen LogP contribution in [-0.2, 0) is 14.3 Å². The summed E-state index contributed by atoms with van der Waals surface area (Å²) in [5, 5.41) is 11.8. The van der Waals surface area contributed by atoms with E-state index < -0.39 is 6.29 Å². The molecule has 3 heterocycles. The number of ketones is 1. The molecule has 1 aromatic carbocycles. The molecule has 0 saturated carbocycles. The lowest BCUT2D eigenvalue weighted by Crippen LogP contribution is -2.37. The van der Waals surface area contributed by atoms with Gasteiger partial charge in [-0.05, 0) is 10.4 Å². The van der Waals surface area contributed by atoms with E-state index >= 15 is 0 Å². The van der Waals surface area contributed by atoms with Gasteiger partial charge in [0.1, 0.15) is 6.10 Å². The second-order valence-electron chi connectivity index (χ2n) is 4.89. The van der Waals surface area contributed by atoms with Crippen LogP contribution < -0.4 is 0 Å². The molecule has 2 aliphatic rings. The first-order valence-electron chi connectivity index (χ1n) is 6.46. The number of carbonyl (C=O) groups excluding carboxylic acids is 1. The molecule has 2 aromatic rings. The number of Topliss-reactive ketones (excluding diaryl/α,β-unsaturated/α-hetero) is 1. The van der Waals surface area contributed by atoms with Crippen LogP contribution in [0, 0.1) is 0 Å². The standard InChI is InChI=1S/C13H12N4O3/c18-10-6-9(11-7-19-13(10)20-11)17-12(14-15-16-17)8-4-2-1-3-5-8/h1-5,9,11,13H,6-7H2/t9-,11-,13-/m0/s1. The summed E-state index contributed by atoms with van der Waals surface area (Å²) < 4.78 is 12.5. The Morgan fingerprint density at radius 1 is 1.25 bits per heavy atom. The van der Waals surface area contributed by atoms with Crippen LogP contribution in [0.2, 0.25) is 0 Å². The number of ether oxygens (including phenoxy) is 2. The van der Waals surface area contributed by atoms with E-state index in [4.69, 9.17) is 9.47 Å². The summed E-state index contributed by atoms with van der Waals surface area (Å²) in [6.45, 7) is 0.398. The summed E-state index contributed by atoms with van der Waals surface area (Å²) in [6.07, 6.45) is -0.545. The molecule has 0 amide bonds. The molecule has 102 valence electrons. The average Bonchev–Trinajstić information content (AvgIpc) is 3.13. The van der Waals surface area contributed by atoms with Gasteiger partial charge in [-0.1, -0.05) is 30.3 Å². The molecule has 7 nitrogen and oxygen atoms in total. The fourth-order valence-electron chi connectivity index (χ4n) is 2.66. The first-order valence-corrected chi connectivity index (χ1v) is 6.46. The van der Waals surface area contributed by atoms with Crippen molar-refractivity contribution in [3.05, 3.63) is 30.3 Å². The van der Waals surface area contributed by atoms with Crippen LogP contribution >= 0.6 is 0 Å². The predicted octanol–water partition coefficient (Wildman–Crippen LogP) is 0.595. The number of hydrogen-bond acceptors (Lipinski definition) is 6. The maximum Gasteiger partial charge on any atom is 0.218 e. The Morgan fingerprint density at radius 2 is 2.10 bits per heavy atom. The Balaban J connectivity index is 1.73. The Kier molecular flexibility index (Phi) is 2.61. The van der Waals surface area contributed by atoms with E-state index in [1.54, 1.807) is 4.68 Å². The molecule has 1 aromatic heterocycles. The Labute approximate surface area is 114 Å². The SMILES string of the molecule is O=C1C[C@H](n2nnnc2-c2ccccc2)[C@@H]2CO[C@H]1O2. The Morgan fingerprint density at radius 3 is 2.95 bits per heavy atom. The molecule has 7 heteroatoms. The molecule has 0 N–H and O–H groups in total. The van der Waals surface area contributed by atoms with Crippen molar-refractivity contribution in [1.82, 2.24) is 20.2 Å². The molecule has 2 bridgehead atoms. The van der Waals surface area contributed by atoms with Crippen molar-refractivity contribution in [2.45, 2.75) is 24.9 Å². The lowest BCUT2D eigenvalue weighted by molar-refractivity contribution is -0.156. The maximum absolute atomic E-state index is 11.9. The smallest absolute Gasteiger partial charge is 0.218 e. The fourth-order valence-corrected chi connectivity index (χ4v) is 2.66. The summed E-state index contributed by atoms with van der Waals surface area (Å²) in [7, 11) is 0. The Bertz CT molecular complexity index is 642. The van der Waals surface area contributed by atoms with Crippen LogP contribution in [0.4, 0.5) is 0 Å². The van der Waals surface area contributed by atoms with Crippen molar-refractivity contribution in [1.29, 1.82) is 0 Å². The van der Waals surface area contributed by atoms with Gasteiger partial charge in [0.2, 0.25) is 6.29 Å². The van der Waals surface area contributed by atoms with Gasteiger partial charge in [0.25, 0.3) is 0 Å². The molecule has 0 radical (unpaired) electrons. The van der Waals surface area contributed by atoms with E-state index in [1.165, 1.54) is 0 Å². The largest absolute Gasteiger partial charge is 0.343 e. The molecule has 0 aliphatic carbocycles. The first kappa shape index (κ1) is 11.7. The lowest BCUT2D eigenvalue weighted by atomic mass is 10.0. The number of fused-ring (bicyclic) bond motifs is 2. The number of tetrazole rings is 1. The van der Waals surface area contributed by atoms with Crippen molar-refractivity contribution in [2.24, 2.45) is 0 Å². The minimum absolute atomic E-state index is 0.0572. The second kappa shape index (κ2) is 4.46. The summed E-state index contributed by atoms with van der Waals surface area (Å²) in [5.74, 6) is 0.579. The molecule has 0 spiro atoms. The minimum atomic E-state index is -0.701. The Hall–Kier alpha value is -2.12. The topological polar surface area (TPSA) is 79.1 Å². The number of nitrogens with zero attached hydrogens (tertiary/aromatic N) is 4. The highest BCUT2D eigenvalue weighted by Crippen LogP contribution is 2.34.